The molecule has 4 heterocycles. The number of ether oxygens (including phenoxy) is 3. The van der Waals surface area contributed by atoms with Gasteiger partial charge in [-0.3, -0.25) is 4.79 Å². The Morgan fingerprint density at radius 1 is 0.826 bits per heavy atom. The highest BCUT2D eigenvalue weighted by Gasteiger charge is 2.32. The summed E-state index contributed by atoms with van der Waals surface area (Å²) in [5, 5.41) is 11.5. The zero-order valence-corrected chi connectivity index (χ0v) is 24.4. The molecular weight excluding hydrogens is 596 g/mol. The SMILES string of the molecule is COc1ccc2oc(=O)cc(Cc3cc4c(oc3=O)-c3cc(Cc5cc(=O)oc6cccc(O)c56)ccc3OC4OC(C)=O)c2c1. The van der Waals surface area contributed by atoms with Crippen LogP contribution in [0.25, 0.3) is 33.3 Å². The van der Waals surface area contributed by atoms with Gasteiger partial charge in [0.05, 0.1) is 23.6 Å². The predicted molar refractivity (Wildman–Crippen MR) is 164 cm³/mol. The van der Waals surface area contributed by atoms with Gasteiger partial charge in [-0.05, 0) is 71.6 Å². The third-order valence-electron chi connectivity index (χ3n) is 7.74. The summed E-state index contributed by atoms with van der Waals surface area (Å²) in [5.41, 5.74) is 1.40. The maximum atomic E-state index is 13.5. The molecule has 11 heteroatoms. The fourth-order valence-corrected chi connectivity index (χ4v) is 5.75. The van der Waals surface area contributed by atoms with Crippen molar-refractivity contribution in [3.8, 4) is 28.6 Å². The Morgan fingerprint density at radius 3 is 2.39 bits per heavy atom. The summed E-state index contributed by atoms with van der Waals surface area (Å²) < 4.78 is 33.3. The Balaban J connectivity index is 1.33. The number of carbonyl (C=O) groups is 1. The van der Waals surface area contributed by atoms with Gasteiger partial charge in [-0.15, -0.1) is 0 Å². The first-order valence-electron chi connectivity index (χ1n) is 14.2. The molecule has 1 unspecified atom stereocenters. The molecule has 1 atom stereocenters. The first kappa shape index (κ1) is 28.7. The minimum Gasteiger partial charge on any atom is -0.507 e. The Labute approximate surface area is 258 Å². The van der Waals surface area contributed by atoms with Gasteiger partial charge in [0, 0.05) is 36.4 Å². The van der Waals surface area contributed by atoms with Gasteiger partial charge in [0.2, 0.25) is 0 Å². The zero-order chi connectivity index (χ0) is 32.1. The van der Waals surface area contributed by atoms with Crippen molar-refractivity contribution in [1.82, 2.24) is 0 Å². The number of carbonyl (C=O) groups excluding carboxylic acids is 1. The fourth-order valence-electron chi connectivity index (χ4n) is 5.75. The minimum absolute atomic E-state index is 0.00226. The first-order chi connectivity index (χ1) is 22.2. The zero-order valence-electron chi connectivity index (χ0n) is 24.4. The van der Waals surface area contributed by atoms with Crippen LogP contribution in [0.5, 0.6) is 17.2 Å². The molecule has 230 valence electrons. The molecule has 1 aliphatic heterocycles. The van der Waals surface area contributed by atoms with E-state index in [0.29, 0.717) is 55.7 Å². The molecule has 1 aliphatic rings. The van der Waals surface area contributed by atoms with E-state index in [1.165, 1.54) is 32.2 Å². The monoisotopic (exact) mass is 620 g/mol. The molecule has 1 N–H and O–H groups in total. The van der Waals surface area contributed by atoms with Crippen molar-refractivity contribution in [3.05, 3.63) is 132 Å². The van der Waals surface area contributed by atoms with Crippen LogP contribution in [0.1, 0.15) is 41.0 Å². The molecule has 6 aromatic rings. The summed E-state index contributed by atoms with van der Waals surface area (Å²) >= 11 is 0. The van der Waals surface area contributed by atoms with Crippen molar-refractivity contribution in [3.63, 3.8) is 0 Å². The van der Waals surface area contributed by atoms with Crippen molar-refractivity contribution in [1.29, 1.82) is 0 Å². The maximum Gasteiger partial charge on any atom is 0.339 e. The number of methoxy groups -OCH3 is 1. The lowest BCUT2D eigenvalue weighted by Crippen LogP contribution is -2.22. The molecule has 0 fully saturated rings. The highest BCUT2D eigenvalue weighted by molar-refractivity contribution is 5.87. The van der Waals surface area contributed by atoms with E-state index in [9.17, 15) is 24.3 Å². The van der Waals surface area contributed by atoms with Crippen LogP contribution in [0.2, 0.25) is 0 Å². The van der Waals surface area contributed by atoms with Crippen molar-refractivity contribution >= 4 is 27.9 Å². The van der Waals surface area contributed by atoms with Crippen LogP contribution in [0.3, 0.4) is 0 Å². The number of hydrogen-bond donors (Lipinski definition) is 1. The minimum atomic E-state index is -1.22. The fraction of sp³-hybridized carbons (Fsp3) is 0.143. The van der Waals surface area contributed by atoms with Crippen molar-refractivity contribution in [2.24, 2.45) is 0 Å². The van der Waals surface area contributed by atoms with E-state index in [1.807, 2.05) is 0 Å². The van der Waals surface area contributed by atoms with Crippen LogP contribution >= 0.6 is 0 Å². The molecule has 11 nitrogen and oxygen atoms in total. The quantitative estimate of drug-likeness (QED) is 0.189. The lowest BCUT2D eigenvalue weighted by Gasteiger charge is -2.27. The van der Waals surface area contributed by atoms with Crippen molar-refractivity contribution < 1.29 is 37.4 Å². The van der Waals surface area contributed by atoms with Crippen LogP contribution in [-0.4, -0.2) is 18.2 Å². The average molecular weight is 621 g/mol. The van der Waals surface area contributed by atoms with Crippen molar-refractivity contribution in [2.45, 2.75) is 26.1 Å². The van der Waals surface area contributed by atoms with Gasteiger partial charge >= 0.3 is 22.8 Å². The number of phenolic OH excluding ortho intramolecular Hbond substituents is 1. The van der Waals surface area contributed by atoms with E-state index in [1.54, 1.807) is 54.6 Å². The van der Waals surface area contributed by atoms with Gasteiger partial charge in [0.25, 0.3) is 6.29 Å². The number of benzene rings is 3. The highest BCUT2D eigenvalue weighted by atomic mass is 16.7. The van der Waals surface area contributed by atoms with Gasteiger partial charge in [0.15, 0.2) is 5.76 Å². The molecule has 0 amide bonds. The second-order valence-electron chi connectivity index (χ2n) is 10.8. The molecule has 0 bridgehead atoms. The predicted octanol–water partition coefficient (Wildman–Crippen LogP) is 5.37. The topological polar surface area (TPSA) is 156 Å². The molecule has 3 aromatic heterocycles. The summed E-state index contributed by atoms with van der Waals surface area (Å²) in [5.74, 6) is 0.334. The number of hydrogen-bond acceptors (Lipinski definition) is 11. The molecular formula is C35H24O11. The third kappa shape index (κ3) is 5.17. The largest absolute Gasteiger partial charge is 0.507 e. The van der Waals surface area contributed by atoms with Crippen LogP contribution in [0.4, 0.5) is 0 Å². The highest BCUT2D eigenvalue weighted by Crippen LogP contribution is 2.44. The Bertz CT molecular complexity index is 2380. The molecule has 3 aromatic carbocycles. The van der Waals surface area contributed by atoms with Gasteiger partial charge in [0.1, 0.15) is 28.4 Å². The maximum absolute atomic E-state index is 13.5. The second kappa shape index (κ2) is 11.1. The van der Waals surface area contributed by atoms with Gasteiger partial charge in [-0.25, -0.2) is 14.4 Å². The van der Waals surface area contributed by atoms with E-state index >= 15 is 0 Å². The lowest BCUT2D eigenvalue weighted by molar-refractivity contribution is -0.162. The van der Waals surface area contributed by atoms with E-state index in [-0.39, 0.29) is 35.5 Å². The van der Waals surface area contributed by atoms with E-state index < -0.39 is 29.1 Å². The normalized spacial score (nSPS) is 13.6. The average Bonchev–Trinajstić information content (AvgIpc) is 3.01. The molecule has 0 spiro atoms. The molecule has 7 rings (SSSR count). The lowest BCUT2D eigenvalue weighted by atomic mass is 9.95. The number of rotatable bonds is 6. The van der Waals surface area contributed by atoms with Crippen LogP contribution in [0.15, 0.2) is 100 Å². The Kier molecular flexibility index (Phi) is 6.93. The van der Waals surface area contributed by atoms with Gasteiger partial charge in [-0.1, -0.05) is 12.1 Å². The summed E-state index contributed by atoms with van der Waals surface area (Å²) in [6, 6.07) is 19.0. The standard InChI is InChI=1S/C35H24O11/c1-17(36)42-35-25-13-21(12-19-14-30(38)43-27-9-7-22(41-2)16-23(19)27)34(40)46-33(25)24-11-18(6-8-28(24)45-35)10-20-15-31(39)44-29-5-3-4-26(37)32(20)29/h3-9,11,13-16,35,37H,10,12H2,1-2H3. The number of phenols is 1. The van der Waals surface area contributed by atoms with E-state index in [2.05, 4.69) is 0 Å². The Hall–Kier alpha value is -6.10. The number of esters is 1. The van der Waals surface area contributed by atoms with Gasteiger partial charge < -0.3 is 32.6 Å². The van der Waals surface area contributed by atoms with Crippen LogP contribution < -0.4 is 26.4 Å². The second-order valence-corrected chi connectivity index (χ2v) is 10.8. The first-order valence-corrected chi connectivity index (χ1v) is 14.2. The smallest absolute Gasteiger partial charge is 0.339 e. The Morgan fingerprint density at radius 2 is 1.61 bits per heavy atom. The third-order valence-corrected chi connectivity index (χ3v) is 7.74. The number of fused-ring (bicyclic) bond motifs is 5. The molecule has 0 radical (unpaired) electrons. The molecule has 46 heavy (non-hydrogen) atoms. The number of aromatic hydroxyl groups is 1. The summed E-state index contributed by atoms with van der Waals surface area (Å²) in [6.07, 6.45) is -0.991. The van der Waals surface area contributed by atoms with E-state index in [4.69, 9.17) is 27.5 Å². The molecule has 0 saturated carbocycles. The van der Waals surface area contributed by atoms with Crippen molar-refractivity contribution in [2.75, 3.05) is 7.11 Å². The molecule has 0 aliphatic carbocycles. The van der Waals surface area contributed by atoms with Gasteiger partial charge in [-0.2, -0.15) is 0 Å². The summed E-state index contributed by atoms with van der Waals surface area (Å²) in [4.78, 5) is 50.1. The summed E-state index contributed by atoms with van der Waals surface area (Å²) in [6.45, 7) is 1.24. The van der Waals surface area contributed by atoms with Crippen LogP contribution in [-0.2, 0) is 22.4 Å². The van der Waals surface area contributed by atoms with Crippen LogP contribution in [0, 0.1) is 0 Å². The van der Waals surface area contributed by atoms with E-state index in [0.717, 1.165) is 0 Å². The summed E-state index contributed by atoms with van der Waals surface area (Å²) in [7, 11) is 1.51. The molecule has 0 saturated heterocycles.